The third kappa shape index (κ3) is 4.89. The fraction of sp³-hybridized carbons (Fsp3) is 0.200. The molecular formula is C15H14N2O5S. The SMILES string of the molecule is CCOC(=O)C(=O)c1csc(NC(=O)OCc2ccccc2)n1. The second-order valence-electron chi connectivity index (χ2n) is 4.27. The van der Waals surface area contributed by atoms with Crippen LogP contribution in [0, 0.1) is 0 Å². The van der Waals surface area contributed by atoms with Gasteiger partial charge in [0.15, 0.2) is 5.13 Å². The summed E-state index contributed by atoms with van der Waals surface area (Å²) in [7, 11) is 0. The van der Waals surface area contributed by atoms with Crippen molar-refractivity contribution in [2.45, 2.75) is 13.5 Å². The maximum atomic E-state index is 11.7. The van der Waals surface area contributed by atoms with E-state index in [0.717, 1.165) is 16.9 Å². The number of Topliss-reactive ketones (excluding diaryl/α,β-unsaturated/α-hetero) is 1. The number of benzene rings is 1. The number of ether oxygens (including phenoxy) is 2. The Morgan fingerprint density at radius 2 is 1.91 bits per heavy atom. The zero-order valence-corrected chi connectivity index (χ0v) is 13.1. The van der Waals surface area contributed by atoms with E-state index in [1.165, 1.54) is 5.38 Å². The first-order chi connectivity index (χ1) is 11.1. The molecule has 0 saturated heterocycles. The number of nitrogens with one attached hydrogen (secondary N) is 1. The van der Waals surface area contributed by atoms with Crippen LogP contribution in [-0.2, 0) is 20.9 Å². The number of carbonyl (C=O) groups is 3. The molecular weight excluding hydrogens is 320 g/mol. The summed E-state index contributed by atoms with van der Waals surface area (Å²) in [6.45, 7) is 1.82. The lowest BCUT2D eigenvalue weighted by Crippen LogP contribution is -2.18. The Morgan fingerprint density at radius 1 is 1.17 bits per heavy atom. The molecule has 0 spiro atoms. The van der Waals surface area contributed by atoms with Crippen molar-refractivity contribution in [2.24, 2.45) is 0 Å². The number of amides is 1. The van der Waals surface area contributed by atoms with Crippen LogP contribution >= 0.6 is 11.3 Å². The van der Waals surface area contributed by atoms with E-state index in [1.54, 1.807) is 6.92 Å². The van der Waals surface area contributed by atoms with Crippen LogP contribution in [0.15, 0.2) is 35.7 Å². The van der Waals surface area contributed by atoms with Gasteiger partial charge in [0, 0.05) is 5.38 Å². The van der Waals surface area contributed by atoms with Crippen LogP contribution in [0.4, 0.5) is 9.93 Å². The zero-order chi connectivity index (χ0) is 16.7. The minimum atomic E-state index is -0.976. The number of anilines is 1. The standard InChI is InChI=1S/C15H14N2O5S/c1-2-21-13(19)12(18)11-9-23-14(16-11)17-15(20)22-8-10-6-4-3-5-7-10/h3-7,9H,2,8H2,1H3,(H,16,17,20). The number of carbonyl (C=O) groups excluding carboxylic acids is 3. The van der Waals surface area contributed by atoms with Gasteiger partial charge in [-0.1, -0.05) is 30.3 Å². The first kappa shape index (κ1) is 16.6. The van der Waals surface area contributed by atoms with Crippen molar-refractivity contribution in [1.82, 2.24) is 4.98 Å². The van der Waals surface area contributed by atoms with Crippen molar-refractivity contribution in [3.05, 3.63) is 47.0 Å². The molecule has 0 fully saturated rings. The predicted octanol–water partition coefficient (Wildman–Crippen LogP) is 2.64. The van der Waals surface area contributed by atoms with Gasteiger partial charge in [0.1, 0.15) is 12.3 Å². The first-order valence-corrected chi connectivity index (χ1v) is 7.62. The number of hydrogen-bond acceptors (Lipinski definition) is 7. The molecule has 1 heterocycles. The molecule has 1 aromatic heterocycles. The van der Waals surface area contributed by atoms with Crippen LogP contribution in [0.1, 0.15) is 23.0 Å². The molecule has 0 aliphatic carbocycles. The zero-order valence-electron chi connectivity index (χ0n) is 12.3. The average Bonchev–Trinajstić information content (AvgIpc) is 3.02. The number of thiazole rings is 1. The van der Waals surface area contributed by atoms with Crippen LogP contribution in [0.5, 0.6) is 0 Å². The summed E-state index contributed by atoms with van der Waals surface area (Å²) in [5.74, 6) is -1.83. The van der Waals surface area contributed by atoms with E-state index in [0.29, 0.717) is 0 Å². The number of nitrogens with zero attached hydrogens (tertiary/aromatic N) is 1. The summed E-state index contributed by atoms with van der Waals surface area (Å²) >= 11 is 1.01. The summed E-state index contributed by atoms with van der Waals surface area (Å²) in [6, 6.07) is 9.19. The largest absolute Gasteiger partial charge is 0.460 e. The molecule has 8 heteroatoms. The van der Waals surface area contributed by atoms with Gasteiger partial charge in [0.05, 0.1) is 6.61 Å². The van der Waals surface area contributed by atoms with E-state index in [1.807, 2.05) is 30.3 Å². The van der Waals surface area contributed by atoms with E-state index >= 15 is 0 Å². The lowest BCUT2D eigenvalue weighted by molar-refractivity contribution is -0.137. The van der Waals surface area contributed by atoms with Crippen molar-refractivity contribution < 1.29 is 23.9 Å². The van der Waals surface area contributed by atoms with Gasteiger partial charge in [-0.25, -0.2) is 14.6 Å². The maximum Gasteiger partial charge on any atom is 0.413 e. The quantitative estimate of drug-likeness (QED) is 0.496. The summed E-state index contributed by atoms with van der Waals surface area (Å²) in [5, 5.41) is 3.93. The van der Waals surface area contributed by atoms with Crippen LogP contribution in [0.3, 0.4) is 0 Å². The Morgan fingerprint density at radius 3 is 2.61 bits per heavy atom. The third-order valence-electron chi connectivity index (χ3n) is 2.62. The molecule has 23 heavy (non-hydrogen) atoms. The average molecular weight is 334 g/mol. The number of hydrogen-bond donors (Lipinski definition) is 1. The Balaban J connectivity index is 1.87. The number of esters is 1. The molecule has 0 atom stereocenters. The summed E-state index contributed by atoms with van der Waals surface area (Å²) in [4.78, 5) is 38.5. The minimum absolute atomic E-state index is 0.0770. The smallest absolute Gasteiger partial charge is 0.413 e. The van der Waals surface area contributed by atoms with Gasteiger partial charge in [-0.2, -0.15) is 0 Å². The van der Waals surface area contributed by atoms with E-state index in [9.17, 15) is 14.4 Å². The normalized spacial score (nSPS) is 9.96. The highest BCUT2D eigenvalue weighted by molar-refractivity contribution is 7.14. The first-order valence-electron chi connectivity index (χ1n) is 6.75. The molecule has 2 rings (SSSR count). The van der Waals surface area contributed by atoms with Gasteiger partial charge < -0.3 is 9.47 Å². The highest BCUT2D eigenvalue weighted by atomic mass is 32.1. The van der Waals surface area contributed by atoms with Crippen molar-refractivity contribution in [3.63, 3.8) is 0 Å². The van der Waals surface area contributed by atoms with E-state index < -0.39 is 17.8 Å². The van der Waals surface area contributed by atoms with Gasteiger partial charge >= 0.3 is 12.1 Å². The molecule has 0 aliphatic rings. The predicted molar refractivity (Wildman–Crippen MR) is 83.3 cm³/mol. The summed E-state index contributed by atoms with van der Waals surface area (Å²) in [6.07, 6.45) is -0.696. The molecule has 1 amide bonds. The molecule has 0 bridgehead atoms. The van der Waals surface area contributed by atoms with Gasteiger partial charge in [-0.05, 0) is 12.5 Å². The van der Waals surface area contributed by atoms with Crippen LogP contribution in [-0.4, -0.2) is 29.4 Å². The molecule has 120 valence electrons. The molecule has 0 saturated carbocycles. The maximum absolute atomic E-state index is 11.7. The van der Waals surface area contributed by atoms with Crippen molar-refractivity contribution in [3.8, 4) is 0 Å². The fourth-order valence-corrected chi connectivity index (χ4v) is 2.26. The second-order valence-corrected chi connectivity index (χ2v) is 5.13. The van der Waals surface area contributed by atoms with Gasteiger partial charge in [-0.3, -0.25) is 10.1 Å². The van der Waals surface area contributed by atoms with Crippen molar-refractivity contribution >= 4 is 34.3 Å². The molecule has 1 aromatic carbocycles. The number of aromatic nitrogens is 1. The molecule has 7 nitrogen and oxygen atoms in total. The van der Waals surface area contributed by atoms with E-state index in [-0.39, 0.29) is 24.0 Å². The van der Waals surface area contributed by atoms with Gasteiger partial charge in [-0.15, -0.1) is 11.3 Å². The van der Waals surface area contributed by atoms with E-state index in [4.69, 9.17) is 4.74 Å². The lowest BCUT2D eigenvalue weighted by Gasteiger charge is -2.04. The molecule has 0 unspecified atom stereocenters. The second kappa shape index (κ2) is 8.04. The monoisotopic (exact) mass is 334 g/mol. The summed E-state index contributed by atoms with van der Waals surface area (Å²) < 4.78 is 9.63. The summed E-state index contributed by atoms with van der Waals surface area (Å²) in [5.41, 5.74) is 0.770. The Labute approximate surface area is 136 Å². The topological polar surface area (TPSA) is 94.6 Å². The van der Waals surface area contributed by atoms with Crippen LogP contribution < -0.4 is 5.32 Å². The number of ketones is 1. The minimum Gasteiger partial charge on any atom is -0.460 e. The Kier molecular flexibility index (Phi) is 5.81. The van der Waals surface area contributed by atoms with Crippen LogP contribution in [0.2, 0.25) is 0 Å². The van der Waals surface area contributed by atoms with Crippen LogP contribution in [0.25, 0.3) is 0 Å². The molecule has 2 aromatic rings. The van der Waals surface area contributed by atoms with E-state index in [2.05, 4.69) is 15.0 Å². The molecule has 0 radical (unpaired) electrons. The number of rotatable bonds is 6. The lowest BCUT2D eigenvalue weighted by atomic mass is 10.2. The van der Waals surface area contributed by atoms with Crippen molar-refractivity contribution in [1.29, 1.82) is 0 Å². The fourth-order valence-electron chi connectivity index (χ4n) is 1.58. The highest BCUT2D eigenvalue weighted by Gasteiger charge is 2.21. The third-order valence-corrected chi connectivity index (χ3v) is 3.38. The van der Waals surface area contributed by atoms with Gasteiger partial charge in [0.25, 0.3) is 5.78 Å². The Hall–Kier alpha value is -2.74. The van der Waals surface area contributed by atoms with Crippen molar-refractivity contribution in [2.75, 3.05) is 11.9 Å². The Bertz CT molecular complexity index is 699. The van der Waals surface area contributed by atoms with Gasteiger partial charge in [0.2, 0.25) is 0 Å². The molecule has 0 aliphatic heterocycles. The molecule has 1 N–H and O–H groups in total. The highest BCUT2D eigenvalue weighted by Crippen LogP contribution is 2.16.